The number of amides is 1. The van der Waals surface area contributed by atoms with Gasteiger partial charge in [0.15, 0.2) is 0 Å². The first-order valence-corrected chi connectivity index (χ1v) is 7.58. The molecule has 0 aliphatic carbocycles. The van der Waals surface area contributed by atoms with Gasteiger partial charge in [0.25, 0.3) is 5.91 Å². The molecule has 0 saturated carbocycles. The molecule has 1 aromatic rings. The van der Waals surface area contributed by atoms with E-state index in [1.54, 1.807) is 11.0 Å². The number of nitrogens with zero attached hydrogens (tertiary/aromatic N) is 1. The van der Waals surface area contributed by atoms with E-state index < -0.39 is 5.82 Å². The average molecular weight is 296 g/mol. The number of aliphatic hydroxyl groups is 1. The van der Waals surface area contributed by atoms with Crippen LogP contribution in [0, 0.1) is 5.82 Å². The molecule has 0 unspecified atom stereocenters. The molecule has 0 saturated heterocycles. The maximum atomic E-state index is 14.0. The third kappa shape index (κ3) is 5.01. The number of carbonyl (C=O) groups excluding carboxylic acids is 1. The number of para-hydroxylation sites is 1. The van der Waals surface area contributed by atoms with Crippen LogP contribution in [0.5, 0.6) is 0 Å². The summed E-state index contributed by atoms with van der Waals surface area (Å²) in [6.07, 6.45) is 2.66. The molecule has 4 nitrogen and oxygen atoms in total. The van der Waals surface area contributed by atoms with Gasteiger partial charge in [0.2, 0.25) is 0 Å². The molecule has 0 fully saturated rings. The number of hydrogen-bond acceptors (Lipinski definition) is 3. The van der Waals surface area contributed by atoms with Crippen LogP contribution in [-0.2, 0) is 0 Å². The van der Waals surface area contributed by atoms with Gasteiger partial charge in [0.1, 0.15) is 5.82 Å². The van der Waals surface area contributed by atoms with Gasteiger partial charge in [-0.2, -0.15) is 0 Å². The molecule has 2 N–H and O–H groups in total. The van der Waals surface area contributed by atoms with Gasteiger partial charge in [0.05, 0.1) is 17.9 Å². The highest BCUT2D eigenvalue weighted by Crippen LogP contribution is 2.21. The minimum atomic E-state index is -0.422. The predicted octanol–water partition coefficient (Wildman–Crippen LogP) is 2.88. The zero-order valence-corrected chi connectivity index (χ0v) is 12.9. The molecule has 21 heavy (non-hydrogen) atoms. The molecule has 0 aliphatic heterocycles. The van der Waals surface area contributed by atoms with Gasteiger partial charge in [-0.15, -0.1) is 0 Å². The van der Waals surface area contributed by atoms with E-state index in [0.717, 1.165) is 19.3 Å². The molecule has 0 atom stereocenters. The molecule has 1 rings (SSSR count). The van der Waals surface area contributed by atoms with E-state index >= 15 is 0 Å². The number of carbonyl (C=O) groups is 1. The van der Waals surface area contributed by atoms with Gasteiger partial charge >= 0.3 is 0 Å². The van der Waals surface area contributed by atoms with E-state index in [9.17, 15) is 9.18 Å². The van der Waals surface area contributed by atoms with Crippen molar-refractivity contribution in [2.75, 3.05) is 31.6 Å². The first-order valence-electron chi connectivity index (χ1n) is 7.58. The minimum Gasteiger partial charge on any atom is -0.395 e. The van der Waals surface area contributed by atoms with Gasteiger partial charge in [-0.25, -0.2) is 4.39 Å². The average Bonchev–Trinajstić information content (AvgIpc) is 2.49. The zero-order valence-electron chi connectivity index (χ0n) is 12.9. The van der Waals surface area contributed by atoms with Crippen LogP contribution >= 0.6 is 0 Å². The minimum absolute atomic E-state index is 0.0948. The Morgan fingerprint density at radius 3 is 2.67 bits per heavy atom. The topological polar surface area (TPSA) is 52.6 Å². The second-order valence-electron chi connectivity index (χ2n) is 4.96. The second kappa shape index (κ2) is 9.34. The number of benzene rings is 1. The van der Waals surface area contributed by atoms with Crippen molar-refractivity contribution in [3.63, 3.8) is 0 Å². The summed E-state index contributed by atoms with van der Waals surface area (Å²) in [7, 11) is 0. The fraction of sp³-hybridized carbons (Fsp3) is 0.562. The molecule has 5 heteroatoms. The number of nitrogens with one attached hydrogen (secondary N) is 1. The fourth-order valence-electron chi connectivity index (χ4n) is 2.09. The van der Waals surface area contributed by atoms with Gasteiger partial charge < -0.3 is 15.3 Å². The number of anilines is 1. The van der Waals surface area contributed by atoms with E-state index in [0.29, 0.717) is 18.7 Å². The van der Waals surface area contributed by atoms with Crippen LogP contribution in [-0.4, -0.2) is 42.2 Å². The highest BCUT2D eigenvalue weighted by molar-refractivity contribution is 5.99. The number of hydrogen-bond donors (Lipinski definition) is 2. The smallest absolute Gasteiger partial charge is 0.256 e. The summed E-state index contributed by atoms with van der Waals surface area (Å²) in [6.45, 7) is 5.37. The Labute approximate surface area is 126 Å². The van der Waals surface area contributed by atoms with Crippen molar-refractivity contribution in [1.82, 2.24) is 4.90 Å². The lowest BCUT2D eigenvalue weighted by molar-refractivity contribution is 0.0720. The monoisotopic (exact) mass is 296 g/mol. The van der Waals surface area contributed by atoms with Gasteiger partial charge in [-0.3, -0.25) is 4.79 Å². The third-order valence-electron chi connectivity index (χ3n) is 3.23. The van der Waals surface area contributed by atoms with Crippen molar-refractivity contribution >= 4 is 11.6 Å². The van der Waals surface area contributed by atoms with Gasteiger partial charge in [-0.05, 0) is 25.0 Å². The lowest BCUT2D eigenvalue weighted by Gasteiger charge is -2.23. The SMILES string of the molecule is CCCCN(CCO)C(=O)c1cccc(F)c1NCCC. The van der Waals surface area contributed by atoms with Crippen LogP contribution in [0.15, 0.2) is 18.2 Å². The van der Waals surface area contributed by atoms with E-state index in [2.05, 4.69) is 5.32 Å². The van der Waals surface area contributed by atoms with Crippen LogP contribution in [0.2, 0.25) is 0 Å². The Hall–Kier alpha value is -1.62. The molecule has 0 spiro atoms. The zero-order chi connectivity index (χ0) is 15.7. The molecule has 1 aromatic carbocycles. The molecule has 0 radical (unpaired) electrons. The van der Waals surface area contributed by atoms with E-state index in [-0.39, 0.29) is 24.7 Å². The molecular weight excluding hydrogens is 271 g/mol. The number of rotatable bonds is 9. The van der Waals surface area contributed by atoms with Crippen molar-refractivity contribution in [1.29, 1.82) is 0 Å². The molecule has 0 aliphatic rings. The molecule has 0 heterocycles. The largest absolute Gasteiger partial charge is 0.395 e. The number of aliphatic hydroxyl groups excluding tert-OH is 1. The lowest BCUT2D eigenvalue weighted by Crippen LogP contribution is -2.35. The Bertz CT molecular complexity index is 452. The maximum Gasteiger partial charge on any atom is 0.256 e. The van der Waals surface area contributed by atoms with E-state index in [1.165, 1.54) is 12.1 Å². The second-order valence-corrected chi connectivity index (χ2v) is 4.96. The molecule has 1 amide bonds. The third-order valence-corrected chi connectivity index (χ3v) is 3.23. The standard InChI is InChI=1S/C16H25FN2O2/c1-3-5-10-19(11-12-20)16(21)13-7-6-8-14(17)15(13)18-9-4-2/h6-8,18,20H,3-5,9-12H2,1-2H3. The van der Waals surface area contributed by atoms with Gasteiger partial charge in [0, 0.05) is 19.6 Å². The van der Waals surface area contributed by atoms with Crippen molar-refractivity contribution in [3.05, 3.63) is 29.6 Å². The van der Waals surface area contributed by atoms with Crippen LogP contribution in [0.3, 0.4) is 0 Å². The van der Waals surface area contributed by atoms with Crippen LogP contribution in [0.25, 0.3) is 0 Å². The van der Waals surface area contributed by atoms with Crippen LogP contribution in [0.1, 0.15) is 43.5 Å². The summed E-state index contributed by atoms with van der Waals surface area (Å²) in [5.41, 5.74) is 0.580. The molecule has 0 bridgehead atoms. The first-order chi connectivity index (χ1) is 10.2. The normalized spacial score (nSPS) is 10.5. The summed E-state index contributed by atoms with van der Waals surface area (Å²) in [5.74, 6) is -0.663. The van der Waals surface area contributed by atoms with E-state index in [4.69, 9.17) is 5.11 Å². The van der Waals surface area contributed by atoms with Crippen molar-refractivity contribution in [3.8, 4) is 0 Å². The van der Waals surface area contributed by atoms with Crippen molar-refractivity contribution < 1.29 is 14.3 Å². The Balaban J connectivity index is 2.99. The van der Waals surface area contributed by atoms with Crippen molar-refractivity contribution in [2.45, 2.75) is 33.1 Å². The number of unbranched alkanes of at least 4 members (excludes halogenated alkanes) is 1. The van der Waals surface area contributed by atoms with Crippen LogP contribution in [0.4, 0.5) is 10.1 Å². The maximum absolute atomic E-state index is 14.0. The molecular formula is C16H25FN2O2. The highest BCUT2D eigenvalue weighted by Gasteiger charge is 2.20. The van der Waals surface area contributed by atoms with Gasteiger partial charge in [-0.1, -0.05) is 26.3 Å². The highest BCUT2D eigenvalue weighted by atomic mass is 19.1. The Morgan fingerprint density at radius 1 is 1.29 bits per heavy atom. The fourth-order valence-corrected chi connectivity index (χ4v) is 2.09. The quantitative estimate of drug-likeness (QED) is 0.737. The molecule has 118 valence electrons. The lowest BCUT2D eigenvalue weighted by atomic mass is 10.1. The first kappa shape index (κ1) is 17.4. The summed E-state index contributed by atoms with van der Waals surface area (Å²) >= 11 is 0. The van der Waals surface area contributed by atoms with Crippen LogP contribution < -0.4 is 5.32 Å². The Kier molecular flexibility index (Phi) is 7.75. The van der Waals surface area contributed by atoms with Crippen molar-refractivity contribution in [2.24, 2.45) is 0 Å². The van der Waals surface area contributed by atoms with E-state index in [1.807, 2.05) is 13.8 Å². The number of halogens is 1. The summed E-state index contributed by atoms with van der Waals surface area (Å²) in [5, 5.41) is 12.1. The predicted molar refractivity (Wildman–Crippen MR) is 83.1 cm³/mol. The summed E-state index contributed by atoms with van der Waals surface area (Å²) in [6, 6.07) is 4.51. The Morgan fingerprint density at radius 2 is 2.05 bits per heavy atom. The molecule has 0 aromatic heterocycles. The summed E-state index contributed by atoms with van der Waals surface area (Å²) in [4.78, 5) is 14.2. The summed E-state index contributed by atoms with van der Waals surface area (Å²) < 4.78 is 14.0.